The fraction of sp³-hybridized carbons (Fsp3) is 0.0370. The second-order valence-corrected chi connectivity index (χ2v) is 18.5. The van der Waals surface area contributed by atoms with Crippen LogP contribution in [0.25, 0.3) is 33.9 Å². The average Bonchev–Trinajstić information content (AvgIpc) is 3.34. The van der Waals surface area contributed by atoms with Gasteiger partial charge in [0.2, 0.25) is 0 Å². The van der Waals surface area contributed by atoms with Crippen LogP contribution >= 0.6 is 0 Å². The Morgan fingerprint density at radius 2 is 0.877 bits per heavy atom. The van der Waals surface area contributed by atoms with Crippen LogP contribution in [0.2, 0.25) is 0 Å². The Morgan fingerprint density at radius 3 is 1.46 bits per heavy atom. The smallest absolute Gasteiger partial charge is 0.179 e. The van der Waals surface area contributed by atoms with Crippen molar-refractivity contribution in [1.82, 2.24) is 9.97 Å². The van der Waals surface area contributed by atoms with Crippen molar-refractivity contribution in [2.24, 2.45) is 0 Å². The van der Waals surface area contributed by atoms with Crippen molar-refractivity contribution in [3.8, 4) is 33.9 Å². The molecule has 8 aromatic carbocycles. The number of rotatable bonds is 7. The first-order valence-electron chi connectivity index (χ1n) is 21.9. The molecule has 3 heteroatoms. The van der Waals surface area contributed by atoms with E-state index >= 15 is 0 Å². The van der Waals surface area contributed by atoms with Gasteiger partial charge in [0.1, 0.15) is 0 Å². The molecular formula is C54H38N2Si. The Morgan fingerprint density at radius 1 is 0.404 bits per heavy atom. The zero-order valence-electron chi connectivity index (χ0n) is 35.9. The normalized spacial score (nSPS) is 16.2. The zero-order chi connectivity index (χ0) is 42.1. The van der Waals surface area contributed by atoms with E-state index in [4.69, 9.17) is 14.1 Å². The molecule has 9 aromatic rings. The molecule has 0 amide bonds. The van der Waals surface area contributed by atoms with Crippen molar-refractivity contribution in [3.63, 3.8) is 0 Å². The molecule has 2 unspecified atom stereocenters. The van der Waals surface area contributed by atoms with Gasteiger partial charge in [0, 0.05) is 28.5 Å². The van der Waals surface area contributed by atoms with Gasteiger partial charge in [-0.2, -0.15) is 0 Å². The molecule has 1 heterocycles. The summed E-state index contributed by atoms with van der Waals surface area (Å²) in [5.41, 5.74) is 11.6. The molecule has 2 bridgehead atoms. The van der Waals surface area contributed by atoms with Crippen LogP contribution in [-0.4, -0.2) is 18.0 Å². The second kappa shape index (κ2) is 13.7. The predicted octanol–water partition coefficient (Wildman–Crippen LogP) is 9.84. The van der Waals surface area contributed by atoms with Crippen LogP contribution in [-0.2, 0) is 0 Å². The van der Waals surface area contributed by atoms with E-state index in [1.54, 1.807) is 0 Å². The summed E-state index contributed by atoms with van der Waals surface area (Å²) in [7, 11) is -3.77. The van der Waals surface area contributed by atoms with Crippen LogP contribution in [0.5, 0.6) is 0 Å². The number of aromatic nitrogens is 2. The first kappa shape index (κ1) is 28.5. The van der Waals surface area contributed by atoms with Gasteiger partial charge in [-0.25, -0.2) is 9.97 Å². The number of benzene rings is 8. The SMILES string of the molecule is [2H]c1c([2H])c([2H])c([Si](c2ccccc2)(c2ccccc2)c2cccc3c2C2c4ccccc4C3c3cccc(-c4nc(-c5ccccc5)cc(-c5ccccc5)n4)c32)c([2H])c1[2H]. The minimum Gasteiger partial charge on any atom is -0.228 e. The van der Waals surface area contributed by atoms with Gasteiger partial charge in [-0.3, -0.25) is 0 Å². The maximum atomic E-state index is 9.69. The molecule has 3 aliphatic carbocycles. The number of hydrogen-bond donors (Lipinski definition) is 0. The van der Waals surface area contributed by atoms with E-state index in [-0.39, 0.29) is 36.0 Å². The standard InChI is InChI=1S/C54H38N2Si/c1-6-20-37(21-7-1)47-36-48(38-22-8-2-9-23-38)56-54(55-47)46-34-18-32-44-50-42-30-16-17-31-43(42)53(51(44)46)52-45(50)33-19-35-49(52)57(39-24-10-3-11-25-39,40-26-12-4-13-27-40)41-28-14-5-15-29-41/h1-36,50,53H/i3D,10D,11D,24D,25D. The minimum absolute atomic E-state index is 0.134. The average molecular weight is 748 g/mol. The van der Waals surface area contributed by atoms with Crippen LogP contribution in [0.1, 0.15) is 52.1 Å². The van der Waals surface area contributed by atoms with Crippen LogP contribution in [0.15, 0.2) is 218 Å². The van der Waals surface area contributed by atoms with Gasteiger partial charge in [0.25, 0.3) is 0 Å². The molecule has 3 aliphatic rings. The Balaban J connectivity index is 1.26. The van der Waals surface area contributed by atoms with Gasteiger partial charge in [-0.15, -0.1) is 0 Å². The van der Waals surface area contributed by atoms with Gasteiger partial charge in [-0.1, -0.05) is 212 Å². The third-order valence-corrected chi connectivity index (χ3v) is 16.5. The van der Waals surface area contributed by atoms with Crippen molar-refractivity contribution < 1.29 is 6.85 Å². The first-order chi connectivity index (χ1) is 30.4. The highest BCUT2D eigenvalue weighted by Crippen LogP contribution is 2.57. The third-order valence-electron chi connectivity index (χ3n) is 11.9. The van der Waals surface area contributed by atoms with Gasteiger partial charge < -0.3 is 0 Å². The largest absolute Gasteiger partial charge is 0.228 e. The zero-order valence-corrected chi connectivity index (χ0v) is 31.9. The lowest BCUT2D eigenvalue weighted by molar-refractivity contribution is 0.759. The van der Waals surface area contributed by atoms with Crippen molar-refractivity contribution in [2.75, 3.05) is 0 Å². The summed E-state index contributed by atoms with van der Waals surface area (Å²) in [6.07, 6.45) is 0. The summed E-state index contributed by atoms with van der Waals surface area (Å²) in [4.78, 5) is 10.7. The summed E-state index contributed by atoms with van der Waals surface area (Å²) in [6, 6.07) is 63.2. The molecule has 0 radical (unpaired) electrons. The fourth-order valence-corrected chi connectivity index (χ4v) is 14.4. The Labute approximate surface area is 341 Å². The van der Waals surface area contributed by atoms with E-state index < -0.39 is 14.1 Å². The molecule has 1 aromatic heterocycles. The molecule has 57 heavy (non-hydrogen) atoms. The quantitative estimate of drug-likeness (QED) is 0.120. The monoisotopic (exact) mass is 747 g/mol. The maximum absolute atomic E-state index is 9.69. The molecule has 0 spiro atoms. The van der Waals surface area contributed by atoms with Crippen molar-refractivity contribution >= 4 is 28.8 Å². The molecule has 0 saturated carbocycles. The van der Waals surface area contributed by atoms with Crippen LogP contribution in [0.3, 0.4) is 0 Å². The van der Waals surface area contributed by atoms with Crippen LogP contribution in [0, 0.1) is 0 Å². The van der Waals surface area contributed by atoms with Gasteiger partial charge in [-0.05, 0) is 60.2 Å². The molecule has 0 saturated heterocycles. The van der Waals surface area contributed by atoms with E-state index in [0.29, 0.717) is 11.0 Å². The van der Waals surface area contributed by atoms with E-state index in [2.05, 4.69) is 115 Å². The molecule has 0 N–H and O–H groups in total. The van der Waals surface area contributed by atoms with Crippen LogP contribution in [0.4, 0.5) is 0 Å². The van der Waals surface area contributed by atoms with E-state index in [0.717, 1.165) is 60.3 Å². The maximum Gasteiger partial charge on any atom is 0.179 e. The highest BCUT2D eigenvalue weighted by Gasteiger charge is 2.49. The molecule has 0 aliphatic heterocycles. The molecule has 2 atom stereocenters. The Bertz CT molecular complexity index is 3070. The van der Waals surface area contributed by atoms with E-state index in [1.165, 1.54) is 16.7 Å². The number of nitrogens with zero attached hydrogens (tertiary/aromatic N) is 2. The Hall–Kier alpha value is -6.94. The summed E-state index contributed by atoms with van der Waals surface area (Å²) in [5, 5.41) is 3.23. The van der Waals surface area contributed by atoms with Gasteiger partial charge in [0.15, 0.2) is 13.9 Å². The predicted molar refractivity (Wildman–Crippen MR) is 237 cm³/mol. The molecule has 12 rings (SSSR count). The van der Waals surface area contributed by atoms with Crippen molar-refractivity contribution in [3.05, 3.63) is 252 Å². The molecule has 268 valence electrons. The second-order valence-electron chi connectivity index (χ2n) is 14.8. The van der Waals surface area contributed by atoms with Crippen molar-refractivity contribution in [1.29, 1.82) is 0 Å². The van der Waals surface area contributed by atoms with E-state index in [9.17, 15) is 2.74 Å². The first-order valence-corrected chi connectivity index (χ1v) is 21.4. The summed E-state index contributed by atoms with van der Waals surface area (Å²) < 4.78 is 46.2. The summed E-state index contributed by atoms with van der Waals surface area (Å²) in [5.74, 6) is 0.207. The molecular weight excluding hydrogens is 705 g/mol. The Kier molecular flexibility index (Phi) is 6.82. The highest BCUT2D eigenvalue weighted by molar-refractivity contribution is 7.20. The lowest BCUT2D eigenvalue weighted by Crippen LogP contribution is -2.75. The third kappa shape index (κ3) is 5.23. The van der Waals surface area contributed by atoms with E-state index in [1.807, 2.05) is 72.8 Å². The molecule has 2 nitrogen and oxygen atoms in total. The lowest BCUT2D eigenvalue weighted by atomic mass is 9.60. The summed E-state index contributed by atoms with van der Waals surface area (Å²) >= 11 is 0. The fourth-order valence-electron chi connectivity index (χ4n) is 9.63. The molecule has 0 fully saturated rings. The van der Waals surface area contributed by atoms with Gasteiger partial charge in [0.05, 0.1) is 18.2 Å². The lowest BCUT2D eigenvalue weighted by Gasteiger charge is -2.46. The van der Waals surface area contributed by atoms with Crippen LogP contribution < -0.4 is 20.7 Å². The topological polar surface area (TPSA) is 25.8 Å². The number of hydrogen-bond acceptors (Lipinski definition) is 2. The summed E-state index contributed by atoms with van der Waals surface area (Å²) in [6.45, 7) is 0. The highest BCUT2D eigenvalue weighted by atomic mass is 28.3. The van der Waals surface area contributed by atoms with Gasteiger partial charge >= 0.3 is 0 Å². The van der Waals surface area contributed by atoms with Crippen molar-refractivity contribution in [2.45, 2.75) is 11.8 Å². The minimum atomic E-state index is -3.77.